The van der Waals surface area contributed by atoms with Gasteiger partial charge < -0.3 is 14.2 Å². The number of rotatable bonds is 5. The number of fused-ring (bicyclic) bond motifs is 7. The highest BCUT2D eigenvalue weighted by Gasteiger charge is 2.28. The van der Waals surface area contributed by atoms with E-state index in [1.54, 1.807) is 0 Å². The van der Waals surface area contributed by atoms with Gasteiger partial charge in [0.05, 0.1) is 0 Å². The summed E-state index contributed by atoms with van der Waals surface area (Å²) < 4.78 is 12.9. The molecule has 10 aromatic rings. The minimum atomic E-state index is -0.295. The maximum absolute atomic E-state index is 6.62. The van der Waals surface area contributed by atoms with Gasteiger partial charge in [-0.25, -0.2) is 4.99 Å². The van der Waals surface area contributed by atoms with Gasteiger partial charge in [-0.05, 0) is 86.6 Å². The number of hydrogen-bond acceptors (Lipinski definition) is 5. The van der Waals surface area contributed by atoms with E-state index < -0.39 is 0 Å². The van der Waals surface area contributed by atoms with Crippen molar-refractivity contribution < 1.29 is 8.83 Å². The van der Waals surface area contributed by atoms with E-state index in [0.717, 1.165) is 77.5 Å². The monoisotopic (exact) mass is 695 g/mol. The van der Waals surface area contributed by atoms with Gasteiger partial charge in [0.25, 0.3) is 0 Å². The lowest BCUT2D eigenvalue weighted by molar-refractivity contribution is 0.409. The van der Waals surface area contributed by atoms with E-state index in [0.29, 0.717) is 0 Å². The first kappa shape index (κ1) is 30.7. The van der Waals surface area contributed by atoms with Crippen LogP contribution in [0.25, 0.3) is 76.9 Å². The normalized spacial score (nSPS) is 16.0. The second-order valence-corrected chi connectivity index (χ2v) is 14.0. The van der Waals surface area contributed by atoms with E-state index >= 15 is 0 Å². The Hall–Kier alpha value is -6.95. The summed E-state index contributed by atoms with van der Waals surface area (Å²) in [4.78, 5) is 5.42. The number of nitrogens with zero attached hydrogens (tertiary/aromatic N) is 1. The van der Waals surface area contributed by atoms with Crippen molar-refractivity contribution in [3.8, 4) is 22.3 Å². The van der Waals surface area contributed by atoms with E-state index in [-0.39, 0.29) is 12.3 Å². The van der Waals surface area contributed by atoms with Gasteiger partial charge in [-0.3, -0.25) is 5.32 Å². The Balaban J connectivity index is 1.11. The minimum absolute atomic E-state index is 0.231. The standard InChI is InChI=1S/C49H33N3O2/c1-3-12-30(13-4-1)33-24-22-31-23-25-34(27-35(31)26-33)48-50-47(32-14-5-2-6-15-32)51-49(52-48)40-28-36(29-44-46(40)39-17-8-10-20-42(39)54-44)37-18-11-21-43-45(37)38-16-7-9-19-41(38)53-43/h1-29,47-48,50H,(H,51,52). The second kappa shape index (κ2) is 12.3. The van der Waals surface area contributed by atoms with E-state index in [1.807, 2.05) is 36.4 Å². The molecule has 0 amide bonds. The number of nitrogens with one attached hydrogen (secondary N) is 2. The Morgan fingerprint density at radius 2 is 1.09 bits per heavy atom. The summed E-state index contributed by atoms with van der Waals surface area (Å²) in [5, 5.41) is 14.3. The Morgan fingerprint density at radius 3 is 1.89 bits per heavy atom. The fourth-order valence-corrected chi connectivity index (χ4v) is 8.14. The van der Waals surface area contributed by atoms with Gasteiger partial charge in [0.15, 0.2) is 0 Å². The molecule has 8 aromatic carbocycles. The third-order valence-electron chi connectivity index (χ3n) is 10.7. The molecule has 1 aliphatic heterocycles. The van der Waals surface area contributed by atoms with Crippen LogP contribution in [0, 0.1) is 0 Å². The molecule has 1 aliphatic rings. The van der Waals surface area contributed by atoms with Gasteiger partial charge in [0.2, 0.25) is 0 Å². The molecule has 2 atom stereocenters. The maximum atomic E-state index is 6.62. The van der Waals surface area contributed by atoms with Crippen LogP contribution in [0.15, 0.2) is 190 Å². The predicted octanol–water partition coefficient (Wildman–Crippen LogP) is 12.3. The zero-order chi connectivity index (χ0) is 35.6. The fraction of sp³-hybridized carbons (Fsp3) is 0.0408. The topological polar surface area (TPSA) is 62.7 Å². The molecule has 0 spiro atoms. The average Bonchev–Trinajstić information content (AvgIpc) is 3.82. The Bertz CT molecular complexity index is 3070. The lowest BCUT2D eigenvalue weighted by atomic mass is 9.94. The average molecular weight is 696 g/mol. The van der Waals surface area contributed by atoms with E-state index in [4.69, 9.17) is 13.8 Å². The van der Waals surface area contributed by atoms with Gasteiger partial charge in [0.1, 0.15) is 40.5 Å². The Morgan fingerprint density at radius 1 is 0.426 bits per heavy atom. The number of benzene rings is 8. The van der Waals surface area contributed by atoms with Crippen molar-refractivity contribution in [3.63, 3.8) is 0 Å². The third kappa shape index (κ3) is 5.09. The summed E-state index contributed by atoms with van der Waals surface area (Å²) in [5.74, 6) is 0.799. The number of aliphatic imine (C=N–C) groups is 1. The van der Waals surface area contributed by atoms with Crippen LogP contribution in [0.4, 0.5) is 0 Å². The molecule has 54 heavy (non-hydrogen) atoms. The van der Waals surface area contributed by atoms with E-state index in [2.05, 4.69) is 150 Å². The van der Waals surface area contributed by atoms with E-state index in [1.165, 1.54) is 21.9 Å². The zero-order valence-corrected chi connectivity index (χ0v) is 29.2. The van der Waals surface area contributed by atoms with Crippen LogP contribution in [0.2, 0.25) is 0 Å². The number of furan rings is 2. The number of amidine groups is 1. The van der Waals surface area contributed by atoms with Crippen molar-refractivity contribution >= 4 is 60.5 Å². The van der Waals surface area contributed by atoms with Crippen LogP contribution < -0.4 is 10.6 Å². The summed E-state index contributed by atoms with van der Waals surface area (Å²) >= 11 is 0. The molecule has 5 nitrogen and oxygen atoms in total. The lowest BCUT2D eigenvalue weighted by Crippen LogP contribution is -2.45. The molecule has 0 radical (unpaired) electrons. The first-order chi connectivity index (χ1) is 26.7. The van der Waals surface area contributed by atoms with Crippen LogP contribution in [0.5, 0.6) is 0 Å². The van der Waals surface area contributed by atoms with Crippen LogP contribution in [-0.4, -0.2) is 5.84 Å². The highest BCUT2D eigenvalue weighted by atomic mass is 16.3. The molecule has 11 rings (SSSR count). The van der Waals surface area contributed by atoms with Crippen molar-refractivity contribution in [1.29, 1.82) is 0 Å². The summed E-state index contributed by atoms with van der Waals surface area (Å²) in [7, 11) is 0. The van der Waals surface area contributed by atoms with Gasteiger partial charge >= 0.3 is 0 Å². The van der Waals surface area contributed by atoms with Crippen molar-refractivity contribution in [2.45, 2.75) is 12.3 Å². The molecule has 2 unspecified atom stereocenters. The zero-order valence-electron chi connectivity index (χ0n) is 29.2. The van der Waals surface area contributed by atoms with Crippen molar-refractivity contribution in [2.75, 3.05) is 0 Å². The van der Waals surface area contributed by atoms with Gasteiger partial charge in [0, 0.05) is 27.1 Å². The molecule has 0 saturated carbocycles. The Labute approximate surface area is 311 Å². The first-order valence-electron chi connectivity index (χ1n) is 18.3. The van der Waals surface area contributed by atoms with Crippen LogP contribution >= 0.6 is 0 Å². The summed E-state index contributed by atoms with van der Waals surface area (Å²) in [5.41, 5.74) is 11.1. The third-order valence-corrected chi connectivity index (χ3v) is 10.7. The van der Waals surface area contributed by atoms with Crippen molar-refractivity contribution in [1.82, 2.24) is 10.6 Å². The molecule has 0 fully saturated rings. The smallest absolute Gasteiger partial charge is 0.136 e. The molecule has 256 valence electrons. The fourth-order valence-electron chi connectivity index (χ4n) is 8.14. The number of hydrogen-bond donors (Lipinski definition) is 2. The van der Waals surface area contributed by atoms with Crippen LogP contribution in [0.1, 0.15) is 29.0 Å². The van der Waals surface area contributed by atoms with E-state index in [9.17, 15) is 0 Å². The largest absolute Gasteiger partial charge is 0.456 e. The molecular weight excluding hydrogens is 663 g/mol. The maximum Gasteiger partial charge on any atom is 0.136 e. The molecule has 2 aromatic heterocycles. The van der Waals surface area contributed by atoms with Gasteiger partial charge in [-0.2, -0.15) is 0 Å². The molecule has 0 saturated heterocycles. The molecule has 3 heterocycles. The summed E-state index contributed by atoms with van der Waals surface area (Å²) in [6.45, 7) is 0. The minimum Gasteiger partial charge on any atom is -0.456 e. The molecule has 0 aliphatic carbocycles. The molecule has 0 bridgehead atoms. The predicted molar refractivity (Wildman–Crippen MR) is 221 cm³/mol. The highest BCUT2D eigenvalue weighted by molar-refractivity contribution is 6.20. The van der Waals surface area contributed by atoms with Gasteiger partial charge in [-0.1, -0.05) is 133 Å². The SMILES string of the molecule is c1ccc(-c2ccc3ccc(C4NC(c5cc(-c6cccc7oc8ccccc8c67)cc6oc7ccccc7c56)=NC(c5ccccc5)N4)cc3c2)cc1. The van der Waals surface area contributed by atoms with Crippen molar-refractivity contribution in [3.05, 3.63) is 193 Å². The second-order valence-electron chi connectivity index (χ2n) is 14.0. The summed E-state index contributed by atoms with van der Waals surface area (Å²) in [6, 6.07) is 61.6. The van der Waals surface area contributed by atoms with Crippen LogP contribution in [0.3, 0.4) is 0 Å². The molecule has 5 heteroatoms. The quantitative estimate of drug-likeness (QED) is 0.188. The molecular formula is C49H33N3O2. The number of para-hydroxylation sites is 2. The first-order valence-corrected chi connectivity index (χ1v) is 18.3. The van der Waals surface area contributed by atoms with Crippen LogP contribution in [-0.2, 0) is 0 Å². The van der Waals surface area contributed by atoms with Gasteiger partial charge in [-0.15, -0.1) is 0 Å². The highest BCUT2D eigenvalue weighted by Crippen LogP contribution is 2.41. The Kier molecular flexibility index (Phi) is 7.00. The van der Waals surface area contributed by atoms with Crippen molar-refractivity contribution in [2.24, 2.45) is 4.99 Å². The molecule has 2 N–H and O–H groups in total. The lowest BCUT2D eigenvalue weighted by Gasteiger charge is -2.32. The summed E-state index contributed by atoms with van der Waals surface area (Å²) in [6.07, 6.45) is -0.525.